The van der Waals surface area contributed by atoms with Gasteiger partial charge in [0.05, 0.1) is 14.2 Å². The molecule has 0 radical (unpaired) electrons. The van der Waals surface area contributed by atoms with E-state index in [2.05, 4.69) is 0 Å². The van der Waals surface area contributed by atoms with E-state index in [-0.39, 0.29) is 10.3 Å². The molecule has 1 heterocycles. The minimum atomic E-state index is -3.62. The standard InChI is InChI=1S/C14H22N2O4S/c1-14(9-15)6-7-16(10-14)21(17,18)13-8-11(19-2)4-5-12(13)20-3/h4-5,8H,6-7,9-10,15H2,1-3H3. The third kappa shape index (κ3) is 3.00. The molecule has 7 heteroatoms. The van der Waals surface area contributed by atoms with Crippen LogP contribution in [0.4, 0.5) is 0 Å². The van der Waals surface area contributed by atoms with Crippen LogP contribution in [0.2, 0.25) is 0 Å². The van der Waals surface area contributed by atoms with Crippen LogP contribution in [0.25, 0.3) is 0 Å². The predicted octanol–water partition coefficient (Wildman–Crippen LogP) is 1.06. The Morgan fingerprint density at radius 2 is 2.05 bits per heavy atom. The molecule has 1 fully saturated rings. The molecular formula is C14H22N2O4S. The van der Waals surface area contributed by atoms with Crippen molar-refractivity contribution in [2.45, 2.75) is 18.2 Å². The highest BCUT2D eigenvalue weighted by molar-refractivity contribution is 7.89. The molecule has 1 unspecified atom stereocenters. The number of rotatable bonds is 5. The number of hydrogen-bond donors (Lipinski definition) is 1. The summed E-state index contributed by atoms with van der Waals surface area (Å²) in [5, 5.41) is 0. The maximum absolute atomic E-state index is 12.8. The molecule has 118 valence electrons. The van der Waals surface area contributed by atoms with Crippen molar-refractivity contribution in [1.82, 2.24) is 4.31 Å². The number of methoxy groups -OCH3 is 2. The van der Waals surface area contributed by atoms with Crippen molar-refractivity contribution < 1.29 is 17.9 Å². The van der Waals surface area contributed by atoms with E-state index in [0.717, 1.165) is 6.42 Å². The molecule has 0 spiro atoms. The minimum absolute atomic E-state index is 0.130. The summed E-state index contributed by atoms with van der Waals surface area (Å²) in [6.45, 7) is 3.36. The van der Waals surface area contributed by atoms with Gasteiger partial charge in [-0.1, -0.05) is 6.92 Å². The van der Waals surface area contributed by atoms with E-state index in [1.54, 1.807) is 12.1 Å². The van der Waals surface area contributed by atoms with Gasteiger partial charge in [0.1, 0.15) is 16.4 Å². The van der Waals surface area contributed by atoms with E-state index in [0.29, 0.717) is 31.1 Å². The van der Waals surface area contributed by atoms with Gasteiger partial charge in [0.2, 0.25) is 10.0 Å². The van der Waals surface area contributed by atoms with Crippen molar-refractivity contribution in [1.29, 1.82) is 0 Å². The summed E-state index contributed by atoms with van der Waals surface area (Å²) < 4.78 is 37.4. The molecule has 1 aromatic rings. The molecule has 0 aliphatic carbocycles. The molecule has 21 heavy (non-hydrogen) atoms. The van der Waals surface area contributed by atoms with Gasteiger partial charge in [0.15, 0.2) is 0 Å². The second-order valence-corrected chi connectivity index (χ2v) is 7.53. The van der Waals surface area contributed by atoms with Crippen molar-refractivity contribution >= 4 is 10.0 Å². The van der Waals surface area contributed by atoms with Crippen LogP contribution < -0.4 is 15.2 Å². The maximum Gasteiger partial charge on any atom is 0.246 e. The van der Waals surface area contributed by atoms with Gasteiger partial charge in [-0.25, -0.2) is 8.42 Å². The summed E-state index contributed by atoms with van der Waals surface area (Å²) >= 11 is 0. The number of hydrogen-bond acceptors (Lipinski definition) is 5. The van der Waals surface area contributed by atoms with Gasteiger partial charge >= 0.3 is 0 Å². The van der Waals surface area contributed by atoms with E-state index in [9.17, 15) is 8.42 Å². The third-order valence-electron chi connectivity index (χ3n) is 4.00. The molecule has 1 aliphatic rings. The van der Waals surface area contributed by atoms with Crippen molar-refractivity contribution in [3.05, 3.63) is 18.2 Å². The lowest BCUT2D eigenvalue weighted by Gasteiger charge is -2.23. The van der Waals surface area contributed by atoms with E-state index in [1.807, 2.05) is 6.92 Å². The highest BCUT2D eigenvalue weighted by Gasteiger charge is 2.40. The molecule has 2 N–H and O–H groups in total. The van der Waals surface area contributed by atoms with Crippen LogP contribution in [0.3, 0.4) is 0 Å². The Balaban J connectivity index is 2.40. The topological polar surface area (TPSA) is 81.9 Å². The number of nitrogens with two attached hydrogens (primary N) is 1. The van der Waals surface area contributed by atoms with Gasteiger partial charge in [-0.2, -0.15) is 4.31 Å². The fourth-order valence-corrected chi connectivity index (χ4v) is 4.24. The summed E-state index contributed by atoms with van der Waals surface area (Å²) in [5.41, 5.74) is 5.58. The first-order valence-corrected chi connectivity index (χ1v) is 8.22. The van der Waals surface area contributed by atoms with Crippen LogP contribution >= 0.6 is 0 Å². The second kappa shape index (κ2) is 5.82. The molecule has 0 bridgehead atoms. The zero-order valence-electron chi connectivity index (χ0n) is 12.6. The molecule has 0 saturated carbocycles. The Labute approximate surface area is 125 Å². The van der Waals surface area contributed by atoms with E-state index in [4.69, 9.17) is 15.2 Å². The summed E-state index contributed by atoms with van der Waals surface area (Å²) in [4.78, 5) is 0.130. The molecule has 1 atom stereocenters. The van der Waals surface area contributed by atoms with Gasteiger partial charge in [-0.05, 0) is 30.5 Å². The zero-order chi connectivity index (χ0) is 15.7. The fraction of sp³-hybridized carbons (Fsp3) is 0.571. The van der Waals surface area contributed by atoms with Gasteiger partial charge in [-0.15, -0.1) is 0 Å². The molecule has 2 rings (SSSR count). The lowest BCUT2D eigenvalue weighted by molar-refractivity contribution is 0.347. The number of ether oxygens (including phenoxy) is 2. The van der Waals surface area contributed by atoms with Crippen LogP contribution in [0.5, 0.6) is 11.5 Å². The van der Waals surface area contributed by atoms with Gasteiger partial charge in [-0.3, -0.25) is 0 Å². The highest BCUT2D eigenvalue weighted by Crippen LogP contribution is 2.36. The molecule has 6 nitrogen and oxygen atoms in total. The fourth-order valence-electron chi connectivity index (χ4n) is 2.47. The average Bonchev–Trinajstić information content (AvgIpc) is 2.90. The molecule has 1 aliphatic heterocycles. The Morgan fingerprint density at radius 1 is 1.33 bits per heavy atom. The van der Waals surface area contributed by atoms with Crippen LogP contribution in [0, 0.1) is 5.41 Å². The molecule has 0 amide bonds. The quantitative estimate of drug-likeness (QED) is 0.879. The number of benzene rings is 1. The highest BCUT2D eigenvalue weighted by atomic mass is 32.2. The largest absolute Gasteiger partial charge is 0.497 e. The molecule has 1 saturated heterocycles. The first-order chi connectivity index (χ1) is 9.86. The van der Waals surface area contributed by atoms with Crippen LogP contribution in [-0.2, 0) is 10.0 Å². The summed E-state index contributed by atoms with van der Waals surface area (Å²) in [6.07, 6.45) is 0.759. The van der Waals surface area contributed by atoms with Crippen molar-refractivity contribution in [3.63, 3.8) is 0 Å². The summed E-state index contributed by atoms with van der Waals surface area (Å²) in [5.74, 6) is 0.798. The van der Waals surface area contributed by atoms with Crippen molar-refractivity contribution in [2.24, 2.45) is 11.1 Å². The average molecular weight is 314 g/mol. The van der Waals surface area contributed by atoms with Crippen LogP contribution in [0.1, 0.15) is 13.3 Å². The SMILES string of the molecule is COc1ccc(OC)c(S(=O)(=O)N2CCC(C)(CN)C2)c1. The first kappa shape index (κ1) is 16.1. The maximum atomic E-state index is 12.8. The van der Waals surface area contributed by atoms with Crippen molar-refractivity contribution in [3.8, 4) is 11.5 Å². The Hall–Kier alpha value is -1.31. The zero-order valence-corrected chi connectivity index (χ0v) is 13.4. The van der Waals surface area contributed by atoms with E-state index < -0.39 is 10.0 Å². The molecule has 1 aromatic carbocycles. The predicted molar refractivity (Wildman–Crippen MR) is 80.1 cm³/mol. The van der Waals surface area contributed by atoms with Crippen molar-refractivity contribution in [2.75, 3.05) is 33.9 Å². The second-order valence-electron chi connectivity index (χ2n) is 5.62. The number of sulfonamides is 1. The lowest BCUT2D eigenvalue weighted by Crippen LogP contribution is -2.34. The number of nitrogens with zero attached hydrogens (tertiary/aromatic N) is 1. The van der Waals surface area contributed by atoms with Crippen LogP contribution in [0.15, 0.2) is 23.1 Å². The van der Waals surface area contributed by atoms with Gasteiger partial charge in [0, 0.05) is 19.2 Å². The van der Waals surface area contributed by atoms with Gasteiger partial charge < -0.3 is 15.2 Å². The lowest BCUT2D eigenvalue weighted by atomic mass is 9.90. The van der Waals surface area contributed by atoms with E-state index >= 15 is 0 Å². The monoisotopic (exact) mass is 314 g/mol. The van der Waals surface area contributed by atoms with Gasteiger partial charge in [0.25, 0.3) is 0 Å². The minimum Gasteiger partial charge on any atom is -0.497 e. The van der Waals surface area contributed by atoms with E-state index in [1.165, 1.54) is 24.6 Å². The summed E-state index contributed by atoms with van der Waals surface area (Å²) in [6, 6.07) is 4.77. The smallest absolute Gasteiger partial charge is 0.246 e. The molecular weight excluding hydrogens is 292 g/mol. The summed E-state index contributed by atoms with van der Waals surface area (Å²) in [7, 11) is -0.670. The molecule has 0 aromatic heterocycles. The third-order valence-corrected chi connectivity index (χ3v) is 5.87. The Bertz CT molecular complexity index is 617. The van der Waals surface area contributed by atoms with Crippen LogP contribution in [-0.4, -0.2) is 46.6 Å². The first-order valence-electron chi connectivity index (χ1n) is 6.78. The Morgan fingerprint density at radius 3 is 2.57 bits per heavy atom. The normalized spacial score (nSPS) is 23.2. The Kier molecular flexibility index (Phi) is 4.46.